The highest BCUT2D eigenvalue weighted by Gasteiger charge is 2.20. The summed E-state index contributed by atoms with van der Waals surface area (Å²) in [6.45, 7) is 7.32. The second-order valence-electron chi connectivity index (χ2n) is 6.35. The number of anilines is 2. The van der Waals surface area contributed by atoms with Gasteiger partial charge in [0.25, 0.3) is 0 Å². The molecule has 108 valence electrons. The van der Waals surface area contributed by atoms with Gasteiger partial charge in [-0.1, -0.05) is 18.6 Å². The third kappa shape index (κ3) is 3.45. The zero-order valence-electron chi connectivity index (χ0n) is 12.9. The largest absolute Gasteiger partial charge is 0.371 e. The van der Waals surface area contributed by atoms with E-state index in [9.17, 15) is 0 Å². The van der Waals surface area contributed by atoms with Gasteiger partial charge in [-0.2, -0.15) is 5.26 Å². The van der Waals surface area contributed by atoms with Gasteiger partial charge in [-0.25, -0.2) is 0 Å². The number of nitriles is 1. The first-order valence-corrected chi connectivity index (χ1v) is 7.50. The number of unbranched alkanes of at least 4 members (excludes halogenated alkanes) is 1. The van der Waals surface area contributed by atoms with Crippen LogP contribution in [0.25, 0.3) is 0 Å². The molecule has 20 heavy (non-hydrogen) atoms. The number of hydrogen-bond donors (Lipinski definition) is 0. The minimum Gasteiger partial charge on any atom is -0.371 e. The molecule has 0 aromatic heterocycles. The molecule has 0 bridgehead atoms. The van der Waals surface area contributed by atoms with Crippen molar-refractivity contribution >= 4 is 11.4 Å². The molecule has 0 N–H and O–H groups in total. The maximum absolute atomic E-state index is 9.04. The molecule has 1 aliphatic heterocycles. The Morgan fingerprint density at radius 1 is 1.15 bits per heavy atom. The van der Waals surface area contributed by atoms with E-state index in [4.69, 9.17) is 5.26 Å². The Hall–Kier alpha value is -1.69. The molecule has 0 fully saturated rings. The number of fused-ring (bicyclic) bond motifs is 1. The summed E-state index contributed by atoms with van der Waals surface area (Å²) in [5, 5.41) is 9.04. The van der Waals surface area contributed by atoms with Crippen LogP contribution in [-0.4, -0.2) is 26.7 Å². The number of hydrogen-bond acceptors (Lipinski definition) is 3. The van der Waals surface area contributed by atoms with Crippen LogP contribution in [0.15, 0.2) is 24.3 Å². The molecule has 3 nitrogen and oxygen atoms in total. The SMILES string of the molecule is CN1CCN(CCCCC(C)(C)C#N)c2ccccc21. The van der Waals surface area contributed by atoms with E-state index in [1.807, 2.05) is 13.8 Å². The fraction of sp³-hybridized carbons (Fsp3) is 0.588. The molecule has 0 atom stereocenters. The molecule has 1 aromatic rings. The molecular weight excluding hydrogens is 246 g/mol. The van der Waals surface area contributed by atoms with Gasteiger partial charge in [0.1, 0.15) is 0 Å². The van der Waals surface area contributed by atoms with Crippen LogP contribution >= 0.6 is 0 Å². The number of nitrogens with zero attached hydrogens (tertiary/aromatic N) is 3. The average molecular weight is 271 g/mol. The molecule has 3 heteroatoms. The minimum atomic E-state index is -0.181. The highest BCUT2D eigenvalue weighted by Crippen LogP contribution is 2.32. The minimum absolute atomic E-state index is 0.181. The summed E-state index contributed by atoms with van der Waals surface area (Å²) in [6.07, 6.45) is 3.26. The number of likely N-dealkylation sites (N-methyl/N-ethyl adjacent to an activating group) is 1. The Morgan fingerprint density at radius 3 is 2.55 bits per heavy atom. The molecule has 0 radical (unpaired) electrons. The predicted molar refractivity (Wildman–Crippen MR) is 85.2 cm³/mol. The first-order valence-electron chi connectivity index (χ1n) is 7.50. The lowest BCUT2D eigenvalue weighted by molar-refractivity contribution is 0.426. The summed E-state index contributed by atoms with van der Waals surface area (Å²) in [5.41, 5.74) is 2.50. The second kappa shape index (κ2) is 6.17. The van der Waals surface area contributed by atoms with E-state index < -0.39 is 0 Å². The smallest absolute Gasteiger partial charge is 0.0683 e. The standard InChI is InChI=1S/C17H25N3/c1-17(2,14-18)10-6-7-11-20-13-12-19(3)15-8-4-5-9-16(15)20/h4-5,8-9H,6-7,10-13H2,1-3H3. The normalized spacial score (nSPS) is 14.9. The second-order valence-corrected chi connectivity index (χ2v) is 6.35. The Morgan fingerprint density at radius 2 is 1.85 bits per heavy atom. The van der Waals surface area contributed by atoms with Crippen LogP contribution in [0, 0.1) is 16.7 Å². The van der Waals surface area contributed by atoms with E-state index >= 15 is 0 Å². The van der Waals surface area contributed by atoms with Gasteiger partial charge in [-0.15, -0.1) is 0 Å². The lowest BCUT2D eigenvalue weighted by Gasteiger charge is -2.37. The molecule has 1 aliphatic rings. The average Bonchev–Trinajstić information content (AvgIpc) is 2.46. The van der Waals surface area contributed by atoms with Crippen molar-refractivity contribution in [1.29, 1.82) is 5.26 Å². The first-order chi connectivity index (χ1) is 9.53. The third-order valence-corrected chi connectivity index (χ3v) is 4.12. The van der Waals surface area contributed by atoms with Crippen molar-refractivity contribution in [2.24, 2.45) is 5.41 Å². The van der Waals surface area contributed by atoms with Crippen LogP contribution < -0.4 is 9.80 Å². The summed E-state index contributed by atoms with van der Waals surface area (Å²) in [4.78, 5) is 4.80. The van der Waals surface area contributed by atoms with Crippen LogP contribution in [0.5, 0.6) is 0 Å². The molecular formula is C17H25N3. The van der Waals surface area contributed by atoms with Crippen LogP contribution in [0.4, 0.5) is 11.4 Å². The van der Waals surface area contributed by atoms with Crippen molar-refractivity contribution in [3.8, 4) is 6.07 Å². The Kier molecular flexibility index (Phi) is 4.54. The zero-order chi connectivity index (χ0) is 14.6. The highest BCUT2D eigenvalue weighted by molar-refractivity contribution is 5.72. The Bertz CT molecular complexity index is 487. The van der Waals surface area contributed by atoms with Gasteiger partial charge in [0.05, 0.1) is 22.9 Å². The summed E-state index contributed by atoms with van der Waals surface area (Å²) < 4.78 is 0. The van der Waals surface area contributed by atoms with Gasteiger partial charge in [-0.05, 0) is 38.8 Å². The molecule has 0 aliphatic carbocycles. The Balaban J connectivity index is 1.89. The molecule has 1 heterocycles. The van der Waals surface area contributed by atoms with Crippen molar-refractivity contribution in [1.82, 2.24) is 0 Å². The summed E-state index contributed by atoms with van der Waals surface area (Å²) in [5.74, 6) is 0. The number of rotatable bonds is 5. The topological polar surface area (TPSA) is 30.3 Å². The number of para-hydroxylation sites is 2. The van der Waals surface area contributed by atoms with Gasteiger partial charge >= 0.3 is 0 Å². The summed E-state index contributed by atoms with van der Waals surface area (Å²) in [6, 6.07) is 11.0. The van der Waals surface area contributed by atoms with Gasteiger partial charge in [0.2, 0.25) is 0 Å². The van der Waals surface area contributed by atoms with Crippen LogP contribution in [0.2, 0.25) is 0 Å². The van der Waals surface area contributed by atoms with Crippen molar-refractivity contribution in [3.63, 3.8) is 0 Å². The Labute approximate surface area is 122 Å². The zero-order valence-corrected chi connectivity index (χ0v) is 12.9. The lowest BCUT2D eigenvalue weighted by atomic mass is 9.89. The van der Waals surface area contributed by atoms with Crippen molar-refractivity contribution in [3.05, 3.63) is 24.3 Å². The molecule has 0 spiro atoms. The maximum Gasteiger partial charge on any atom is 0.0683 e. The maximum atomic E-state index is 9.04. The van der Waals surface area contributed by atoms with E-state index in [0.29, 0.717) is 0 Å². The molecule has 0 saturated heterocycles. The monoisotopic (exact) mass is 271 g/mol. The lowest BCUT2D eigenvalue weighted by Crippen LogP contribution is -2.39. The highest BCUT2D eigenvalue weighted by atomic mass is 15.2. The van der Waals surface area contributed by atoms with Crippen molar-refractivity contribution < 1.29 is 0 Å². The van der Waals surface area contributed by atoms with Gasteiger partial charge in [-0.3, -0.25) is 0 Å². The van der Waals surface area contributed by atoms with E-state index in [0.717, 1.165) is 38.9 Å². The van der Waals surface area contributed by atoms with Crippen molar-refractivity contribution in [2.45, 2.75) is 33.1 Å². The molecule has 0 unspecified atom stereocenters. The fourth-order valence-electron chi connectivity index (χ4n) is 2.72. The van der Waals surface area contributed by atoms with E-state index in [1.165, 1.54) is 11.4 Å². The fourth-order valence-corrected chi connectivity index (χ4v) is 2.72. The van der Waals surface area contributed by atoms with Crippen molar-refractivity contribution in [2.75, 3.05) is 36.5 Å². The van der Waals surface area contributed by atoms with Gasteiger partial charge in [0.15, 0.2) is 0 Å². The first kappa shape index (κ1) is 14.7. The predicted octanol–water partition coefficient (Wildman–Crippen LogP) is 3.66. The van der Waals surface area contributed by atoms with E-state index in [2.05, 4.69) is 47.2 Å². The van der Waals surface area contributed by atoms with Crippen LogP contribution in [0.3, 0.4) is 0 Å². The molecule has 2 rings (SSSR count). The molecule has 0 saturated carbocycles. The number of benzene rings is 1. The molecule has 1 aromatic carbocycles. The third-order valence-electron chi connectivity index (χ3n) is 4.12. The van der Waals surface area contributed by atoms with E-state index in [-0.39, 0.29) is 5.41 Å². The van der Waals surface area contributed by atoms with Gasteiger partial charge in [0, 0.05) is 26.7 Å². The van der Waals surface area contributed by atoms with Crippen LogP contribution in [0.1, 0.15) is 33.1 Å². The summed E-state index contributed by atoms with van der Waals surface area (Å²) in [7, 11) is 2.16. The van der Waals surface area contributed by atoms with Crippen LogP contribution in [-0.2, 0) is 0 Å². The quantitative estimate of drug-likeness (QED) is 0.766. The molecule has 0 amide bonds. The van der Waals surface area contributed by atoms with Gasteiger partial charge < -0.3 is 9.80 Å². The summed E-state index contributed by atoms with van der Waals surface area (Å²) >= 11 is 0. The van der Waals surface area contributed by atoms with E-state index in [1.54, 1.807) is 0 Å².